The van der Waals surface area contributed by atoms with Crippen molar-refractivity contribution in [2.24, 2.45) is 5.92 Å². The fourth-order valence-corrected chi connectivity index (χ4v) is 1.57. The van der Waals surface area contributed by atoms with Crippen LogP contribution in [0.4, 0.5) is 10.1 Å². The van der Waals surface area contributed by atoms with E-state index in [0.29, 0.717) is 11.3 Å². The van der Waals surface area contributed by atoms with E-state index in [1.54, 1.807) is 19.1 Å². The molecule has 0 heterocycles. The standard InChI is InChI=1S/C13H18FNO/c1-4-10(5-2)13(16)15-11-7-6-9(3)12(14)8-11/h6-8,10H,4-5H2,1-3H3,(H,15,16). The molecule has 16 heavy (non-hydrogen) atoms. The molecule has 0 unspecified atom stereocenters. The number of hydrogen-bond donors (Lipinski definition) is 1. The first kappa shape index (κ1) is 12.7. The van der Waals surface area contributed by atoms with Crippen LogP contribution in [0.25, 0.3) is 0 Å². The van der Waals surface area contributed by atoms with Crippen LogP contribution in [0.5, 0.6) is 0 Å². The lowest BCUT2D eigenvalue weighted by atomic mass is 10.0. The maximum atomic E-state index is 13.2. The highest BCUT2D eigenvalue weighted by atomic mass is 19.1. The van der Waals surface area contributed by atoms with Gasteiger partial charge < -0.3 is 5.32 Å². The number of carbonyl (C=O) groups excluding carboxylic acids is 1. The third kappa shape index (κ3) is 3.05. The number of nitrogens with one attached hydrogen (secondary N) is 1. The van der Waals surface area contributed by atoms with Crippen LogP contribution >= 0.6 is 0 Å². The molecule has 0 saturated carbocycles. The molecule has 0 spiro atoms. The summed E-state index contributed by atoms with van der Waals surface area (Å²) < 4.78 is 13.2. The summed E-state index contributed by atoms with van der Waals surface area (Å²) in [6.45, 7) is 5.65. The Balaban J connectivity index is 2.73. The van der Waals surface area contributed by atoms with Gasteiger partial charge in [0.1, 0.15) is 5.82 Å². The van der Waals surface area contributed by atoms with Crippen LogP contribution in [-0.4, -0.2) is 5.91 Å². The van der Waals surface area contributed by atoms with Crippen LogP contribution < -0.4 is 5.32 Å². The second kappa shape index (κ2) is 5.64. The quantitative estimate of drug-likeness (QED) is 0.831. The molecule has 1 amide bonds. The topological polar surface area (TPSA) is 29.1 Å². The normalized spacial score (nSPS) is 10.6. The predicted octanol–water partition coefficient (Wildman–Crippen LogP) is 3.51. The number of hydrogen-bond acceptors (Lipinski definition) is 1. The highest BCUT2D eigenvalue weighted by Crippen LogP contribution is 2.16. The Morgan fingerprint density at radius 2 is 2.00 bits per heavy atom. The Labute approximate surface area is 95.9 Å². The highest BCUT2D eigenvalue weighted by molar-refractivity contribution is 5.92. The lowest BCUT2D eigenvalue weighted by molar-refractivity contribution is -0.120. The summed E-state index contributed by atoms with van der Waals surface area (Å²) in [4.78, 5) is 11.7. The molecule has 1 aromatic carbocycles. The predicted molar refractivity (Wildman–Crippen MR) is 63.8 cm³/mol. The van der Waals surface area contributed by atoms with Crippen LogP contribution in [0.1, 0.15) is 32.3 Å². The van der Waals surface area contributed by atoms with Gasteiger partial charge in [0.05, 0.1) is 0 Å². The number of halogens is 1. The van der Waals surface area contributed by atoms with Crippen molar-refractivity contribution >= 4 is 11.6 Å². The van der Waals surface area contributed by atoms with E-state index in [4.69, 9.17) is 0 Å². The molecule has 0 aliphatic rings. The van der Waals surface area contributed by atoms with Crippen LogP contribution in [0.15, 0.2) is 18.2 Å². The molecule has 1 rings (SSSR count). The summed E-state index contributed by atoms with van der Waals surface area (Å²) in [6.07, 6.45) is 1.60. The molecule has 0 fully saturated rings. The van der Waals surface area contributed by atoms with E-state index >= 15 is 0 Å². The van der Waals surface area contributed by atoms with Crippen molar-refractivity contribution in [3.8, 4) is 0 Å². The molecule has 3 heteroatoms. The second-order valence-electron chi connectivity index (χ2n) is 3.97. The van der Waals surface area contributed by atoms with Crippen LogP contribution in [0.2, 0.25) is 0 Å². The van der Waals surface area contributed by atoms with E-state index in [2.05, 4.69) is 5.32 Å². The van der Waals surface area contributed by atoms with Gasteiger partial charge in [-0.05, 0) is 37.5 Å². The van der Waals surface area contributed by atoms with Crippen molar-refractivity contribution < 1.29 is 9.18 Å². The van der Waals surface area contributed by atoms with Gasteiger partial charge in [-0.1, -0.05) is 19.9 Å². The molecule has 1 aromatic rings. The molecule has 1 N–H and O–H groups in total. The summed E-state index contributed by atoms with van der Waals surface area (Å²) >= 11 is 0. The van der Waals surface area contributed by atoms with Gasteiger partial charge in [-0.25, -0.2) is 4.39 Å². The van der Waals surface area contributed by atoms with Crippen LogP contribution in [0.3, 0.4) is 0 Å². The molecule has 0 aliphatic carbocycles. The molecule has 0 aliphatic heterocycles. The monoisotopic (exact) mass is 223 g/mol. The van der Waals surface area contributed by atoms with Crippen molar-refractivity contribution in [3.63, 3.8) is 0 Å². The zero-order chi connectivity index (χ0) is 12.1. The summed E-state index contributed by atoms with van der Waals surface area (Å²) in [6, 6.07) is 4.74. The second-order valence-corrected chi connectivity index (χ2v) is 3.97. The third-order valence-corrected chi connectivity index (χ3v) is 2.80. The molecule has 0 radical (unpaired) electrons. The summed E-state index contributed by atoms with van der Waals surface area (Å²) in [5.41, 5.74) is 1.11. The molecule has 0 bridgehead atoms. The fraction of sp³-hybridized carbons (Fsp3) is 0.462. The Morgan fingerprint density at radius 1 is 1.38 bits per heavy atom. The van der Waals surface area contributed by atoms with Gasteiger partial charge in [-0.15, -0.1) is 0 Å². The van der Waals surface area contributed by atoms with Crippen molar-refractivity contribution in [3.05, 3.63) is 29.6 Å². The molecule has 0 saturated heterocycles. The van der Waals surface area contributed by atoms with Crippen LogP contribution in [0, 0.1) is 18.7 Å². The first-order valence-electron chi connectivity index (χ1n) is 5.65. The Kier molecular flexibility index (Phi) is 4.47. The van der Waals surface area contributed by atoms with Gasteiger partial charge in [0.15, 0.2) is 0 Å². The first-order chi connectivity index (χ1) is 7.58. The maximum absolute atomic E-state index is 13.2. The van der Waals surface area contributed by atoms with Gasteiger partial charge in [-0.3, -0.25) is 4.79 Å². The lowest BCUT2D eigenvalue weighted by Gasteiger charge is -2.13. The third-order valence-electron chi connectivity index (χ3n) is 2.80. The van der Waals surface area contributed by atoms with Gasteiger partial charge in [0.2, 0.25) is 5.91 Å². The number of anilines is 1. The van der Waals surface area contributed by atoms with E-state index in [0.717, 1.165) is 12.8 Å². The Hall–Kier alpha value is -1.38. The van der Waals surface area contributed by atoms with Gasteiger partial charge >= 0.3 is 0 Å². The average Bonchev–Trinajstić information content (AvgIpc) is 2.25. The smallest absolute Gasteiger partial charge is 0.227 e. The minimum Gasteiger partial charge on any atom is -0.326 e. The van der Waals surface area contributed by atoms with Crippen molar-refractivity contribution in [2.75, 3.05) is 5.32 Å². The molecule has 0 aromatic heterocycles. The highest BCUT2D eigenvalue weighted by Gasteiger charge is 2.14. The lowest BCUT2D eigenvalue weighted by Crippen LogP contribution is -2.21. The Morgan fingerprint density at radius 3 is 2.50 bits per heavy atom. The first-order valence-corrected chi connectivity index (χ1v) is 5.65. The zero-order valence-corrected chi connectivity index (χ0v) is 10.0. The molecular weight excluding hydrogens is 205 g/mol. The van der Waals surface area contributed by atoms with Crippen LogP contribution in [-0.2, 0) is 4.79 Å². The molecular formula is C13H18FNO. The SMILES string of the molecule is CCC(CC)C(=O)Nc1ccc(C)c(F)c1. The maximum Gasteiger partial charge on any atom is 0.227 e. The van der Waals surface area contributed by atoms with E-state index in [-0.39, 0.29) is 17.6 Å². The minimum absolute atomic E-state index is 0.00404. The van der Waals surface area contributed by atoms with E-state index in [9.17, 15) is 9.18 Å². The average molecular weight is 223 g/mol. The Bertz CT molecular complexity index is 372. The molecule has 2 nitrogen and oxygen atoms in total. The van der Waals surface area contributed by atoms with Gasteiger partial charge in [0.25, 0.3) is 0 Å². The van der Waals surface area contributed by atoms with E-state index in [1.807, 2.05) is 13.8 Å². The fourth-order valence-electron chi connectivity index (χ4n) is 1.57. The summed E-state index contributed by atoms with van der Waals surface area (Å²) in [5.74, 6) is -0.319. The summed E-state index contributed by atoms with van der Waals surface area (Å²) in [7, 11) is 0. The number of amides is 1. The zero-order valence-electron chi connectivity index (χ0n) is 10.0. The van der Waals surface area contributed by atoms with E-state index < -0.39 is 0 Å². The van der Waals surface area contributed by atoms with Crippen molar-refractivity contribution in [2.45, 2.75) is 33.6 Å². The molecule has 0 atom stereocenters. The van der Waals surface area contributed by atoms with Gasteiger partial charge in [-0.2, -0.15) is 0 Å². The van der Waals surface area contributed by atoms with Crippen molar-refractivity contribution in [1.82, 2.24) is 0 Å². The molecule has 88 valence electrons. The van der Waals surface area contributed by atoms with E-state index in [1.165, 1.54) is 6.07 Å². The minimum atomic E-state index is -0.289. The van der Waals surface area contributed by atoms with Gasteiger partial charge in [0, 0.05) is 11.6 Å². The number of aryl methyl sites for hydroxylation is 1. The summed E-state index contributed by atoms with van der Waals surface area (Å²) in [5, 5.41) is 2.73. The largest absolute Gasteiger partial charge is 0.326 e. The number of rotatable bonds is 4. The van der Waals surface area contributed by atoms with Crippen molar-refractivity contribution in [1.29, 1.82) is 0 Å². The number of benzene rings is 1. The number of carbonyl (C=O) groups is 1.